The van der Waals surface area contributed by atoms with Gasteiger partial charge in [0.15, 0.2) is 5.96 Å². The molecule has 30 heavy (non-hydrogen) atoms. The molecule has 1 aliphatic rings. The van der Waals surface area contributed by atoms with E-state index in [4.69, 9.17) is 9.73 Å². The van der Waals surface area contributed by atoms with Crippen molar-refractivity contribution in [2.75, 3.05) is 50.1 Å². The fourth-order valence-electron chi connectivity index (χ4n) is 3.61. The summed E-state index contributed by atoms with van der Waals surface area (Å²) in [5, 5.41) is 10.3. The van der Waals surface area contributed by atoms with Crippen molar-refractivity contribution in [3.63, 3.8) is 0 Å². The lowest BCUT2D eigenvalue weighted by Crippen LogP contribution is -2.44. The minimum absolute atomic E-state index is 0.374. The van der Waals surface area contributed by atoms with Gasteiger partial charge in [-0.25, -0.2) is 4.98 Å². The number of aromatic nitrogens is 1. The van der Waals surface area contributed by atoms with E-state index >= 15 is 0 Å². The van der Waals surface area contributed by atoms with Gasteiger partial charge in [-0.05, 0) is 50.5 Å². The van der Waals surface area contributed by atoms with Gasteiger partial charge in [0, 0.05) is 45.0 Å². The van der Waals surface area contributed by atoms with Crippen molar-refractivity contribution in [3.05, 3.63) is 48.7 Å². The number of hydrogen-bond donors (Lipinski definition) is 3. The molecule has 1 aromatic heterocycles. The van der Waals surface area contributed by atoms with Crippen LogP contribution >= 0.6 is 0 Å². The number of guanidine groups is 1. The van der Waals surface area contributed by atoms with Gasteiger partial charge < -0.3 is 25.6 Å². The van der Waals surface area contributed by atoms with Gasteiger partial charge in [0.25, 0.3) is 0 Å². The topological polar surface area (TPSA) is 73.8 Å². The van der Waals surface area contributed by atoms with E-state index in [0.717, 1.165) is 75.2 Å². The molecule has 0 saturated carbocycles. The van der Waals surface area contributed by atoms with Gasteiger partial charge in [0.1, 0.15) is 11.6 Å². The van der Waals surface area contributed by atoms with Crippen LogP contribution in [0.3, 0.4) is 0 Å². The Labute approximate surface area is 179 Å². The molecule has 3 N–H and O–H groups in total. The van der Waals surface area contributed by atoms with Gasteiger partial charge in [0.2, 0.25) is 0 Å². The van der Waals surface area contributed by atoms with Crippen LogP contribution in [0.4, 0.5) is 11.5 Å². The number of unbranched alkanes of at least 4 members (excludes halogenated alkanes) is 1. The summed E-state index contributed by atoms with van der Waals surface area (Å²) in [6.07, 6.45) is 4.98. The lowest BCUT2D eigenvalue weighted by Gasteiger charge is -2.22. The standard InChI is InChI=1S/C23H34N6O/c1-3-24-23(27-16-9-8-15-26-22-12-6-7-14-25-22)28-19-13-17-29(18-19)20-10-4-5-11-21(20)30-2/h4-7,10-12,14,19H,3,8-9,13,15-18H2,1-2H3,(H,25,26)(H2,24,27,28). The van der Waals surface area contributed by atoms with E-state index in [1.165, 1.54) is 0 Å². The minimum atomic E-state index is 0.374. The molecule has 162 valence electrons. The third-order valence-electron chi connectivity index (χ3n) is 5.12. The van der Waals surface area contributed by atoms with Crippen LogP contribution in [0, 0.1) is 0 Å². The molecule has 1 fully saturated rings. The predicted octanol–water partition coefficient (Wildman–Crippen LogP) is 3.12. The van der Waals surface area contributed by atoms with E-state index in [2.05, 4.69) is 44.9 Å². The Morgan fingerprint density at radius 3 is 2.87 bits per heavy atom. The summed E-state index contributed by atoms with van der Waals surface area (Å²) in [5.74, 6) is 2.76. The van der Waals surface area contributed by atoms with Gasteiger partial charge in [-0.3, -0.25) is 4.99 Å². The highest BCUT2D eigenvalue weighted by molar-refractivity contribution is 5.80. The van der Waals surface area contributed by atoms with Crippen LogP contribution in [0.25, 0.3) is 0 Å². The number of nitrogens with zero attached hydrogens (tertiary/aromatic N) is 3. The number of nitrogens with one attached hydrogen (secondary N) is 3. The van der Waals surface area contributed by atoms with E-state index in [9.17, 15) is 0 Å². The smallest absolute Gasteiger partial charge is 0.191 e. The number of benzene rings is 1. The predicted molar refractivity (Wildman–Crippen MR) is 125 cm³/mol. The van der Waals surface area contributed by atoms with Crippen LogP contribution in [0.2, 0.25) is 0 Å². The van der Waals surface area contributed by atoms with Crippen LogP contribution in [0.1, 0.15) is 26.2 Å². The highest BCUT2D eigenvalue weighted by Gasteiger charge is 2.25. The van der Waals surface area contributed by atoms with E-state index < -0.39 is 0 Å². The number of rotatable bonds is 10. The summed E-state index contributed by atoms with van der Waals surface area (Å²) >= 11 is 0. The minimum Gasteiger partial charge on any atom is -0.495 e. The first-order valence-corrected chi connectivity index (χ1v) is 10.9. The molecule has 1 aromatic carbocycles. The maximum absolute atomic E-state index is 5.52. The molecule has 2 aromatic rings. The number of pyridine rings is 1. The molecule has 0 radical (unpaired) electrons. The average Bonchev–Trinajstić information content (AvgIpc) is 3.25. The van der Waals surface area contributed by atoms with Crippen molar-refractivity contribution in [3.8, 4) is 5.75 Å². The second-order valence-corrected chi connectivity index (χ2v) is 7.36. The number of aliphatic imine (C=N–C) groups is 1. The van der Waals surface area contributed by atoms with E-state index in [1.54, 1.807) is 13.3 Å². The molecule has 7 nitrogen and oxygen atoms in total. The van der Waals surface area contributed by atoms with Crippen LogP contribution in [0.5, 0.6) is 5.75 Å². The van der Waals surface area contributed by atoms with Crippen molar-refractivity contribution in [2.24, 2.45) is 4.99 Å². The zero-order valence-electron chi connectivity index (χ0n) is 18.1. The van der Waals surface area contributed by atoms with Crippen molar-refractivity contribution in [2.45, 2.75) is 32.2 Å². The second kappa shape index (κ2) is 11.9. The molecule has 1 aliphatic heterocycles. The summed E-state index contributed by atoms with van der Waals surface area (Å²) in [5.41, 5.74) is 1.16. The molecule has 0 spiro atoms. The van der Waals surface area contributed by atoms with Crippen molar-refractivity contribution in [1.29, 1.82) is 0 Å². The lowest BCUT2D eigenvalue weighted by molar-refractivity contribution is 0.415. The third kappa shape index (κ3) is 6.54. The summed E-state index contributed by atoms with van der Waals surface area (Å²) < 4.78 is 5.52. The van der Waals surface area contributed by atoms with Crippen molar-refractivity contribution >= 4 is 17.5 Å². The maximum Gasteiger partial charge on any atom is 0.191 e. The van der Waals surface area contributed by atoms with Crippen LogP contribution in [-0.4, -0.2) is 56.8 Å². The zero-order valence-corrected chi connectivity index (χ0v) is 18.1. The van der Waals surface area contributed by atoms with E-state index in [1.807, 2.05) is 30.3 Å². The van der Waals surface area contributed by atoms with Gasteiger partial charge in [-0.15, -0.1) is 0 Å². The molecule has 1 unspecified atom stereocenters. The lowest BCUT2D eigenvalue weighted by atomic mass is 10.2. The summed E-state index contributed by atoms with van der Waals surface area (Å²) in [6.45, 7) is 6.63. The largest absolute Gasteiger partial charge is 0.495 e. The average molecular weight is 411 g/mol. The molecular formula is C23H34N6O. The first kappa shape index (κ1) is 21.7. The number of ether oxygens (including phenoxy) is 1. The van der Waals surface area contributed by atoms with E-state index in [0.29, 0.717) is 6.04 Å². The summed E-state index contributed by atoms with van der Waals surface area (Å²) in [7, 11) is 1.73. The Hall–Kier alpha value is -2.96. The molecule has 3 rings (SSSR count). The van der Waals surface area contributed by atoms with Gasteiger partial charge in [-0.1, -0.05) is 18.2 Å². The highest BCUT2D eigenvalue weighted by Crippen LogP contribution is 2.30. The van der Waals surface area contributed by atoms with Crippen molar-refractivity contribution in [1.82, 2.24) is 15.6 Å². The molecule has 0 amide bonds. The molecule has 7 heteroatoms. The molecule has 0 bridgehead atoms. The fourth-order valence-corrected chi connectivity index (χ4v) is 3.61. The third-order valence-corrected chi connectivity index (χ3v) is 5.12. The quantitative estimate of drug-likeness (QED) is 0.318. The molecule has 1 saturated heterocycles. The normalized spacial score (nSPS) is 16.4. The Kier molecular flexibility index (Phi) is 8.62. The Balaban J connectivity index is 1.42. The molecule has 1 atom stereocenters. The number of hydrogen-bond acceptors (Lipinski definition) is 5. The van der Waals surface area contributed by atoms with Gasteiger partial charge in [-0.2, -0.15) is 0 Å². The Morgan fingerprint density at radius 2 is 2.07 bits per heavy atom. The summed E-state index contributed by atoms with van der Waals surface area (Å²) in [6, 6.07) is 14.5. The zero-order chi connectivity index (χ0) is 21.0. The molecule has 0 aliphatic carbocycles. The monoisotopic (exact) mass is 410 g/mol. The van der Waals surface area contributed by atoms with Gasteiger partial charge >= 0.3 is 0 Å². The van der Waals surface area contributed by atoms with Crippen LogP contribution in [0.15, 0.2) is 53.7 Å². The molecule has 2 heterocycles. The first-order valence-electron chi connectivity index (χ1n) is 10.9. The maximum atomic E-state index is 5.52. The SMILES string of the molecule is CCNC(=NCCCCNc1ccccn1)NC1CCN(c2ccccc2OC)C1. The fraction of sp³-hybridized carbons (Fsp3) is 0.478. The number of para-hydroxylation sites is 2. The van der Waals surface area contributed by atoms with Crippen molar-refractivity contribution < 1.29 is 4.74 Å². The van der Waals surface area contributed by atoms with Crippen LogP contribution in [-0.2, 0) is 0 Å². The highest BCUT2D eigenvalue weighted by atomic mass is 16.5. The number of methoxy groups -OCH3 is 1. The Morgan fingerprint density at radius 1 is 1.20 bits per heavy atom. The summed E-state index contributed by atoms with van der Waals surface area (Å²) in [4.78, 5) is 11.4. The van der Waals surface area contributed by atoms with Crippen LogP contribution < -0.4 is 25.6 Å². The molecular weight excluding hydrogens is 376 g/mol. The van der Waals surface area contributed by atoms with Gasteiger partial charge in [0.05, 0.1) is 12.8 Å². The number of anilines is 2. The second-order valence-electron chi connectivity index (χ2n) is 7.36. The first-order chi connectivity index (χ1) is 14.8. The Bertz CT molecular complexity index is 782. The van der Waals surface area contributed by atoms with E-state index in [-0.39, 0.29) is 0 Å².